The molecule has 1 aliphatic rings. The first-order chi connectivity index (χ1) is 11.8. The number of amides is 1. The number of hydrogen-bond donors (Lipinski definition) is 1. The molecule has 0 saturated heterocycles. The van der Waals surface area contributed by atoms with Crippen molar-refractivity contribution in [3.63, 3.8) is 0 Å². The molecule has 4 rings (SSSR count). The molecule has 0 unspecified atom stereocenters. The lowest BCUT2D eigenvalue weighted by Crippen LogP contribution is -2.27. The molecule has 3 aromatic rings. The quantitative estimate of drug-likeness (QED) is 0.767. The van der Waals surface area contributed by atoms with Crippen LogP contribution >= 0.6 is 0 Å². The smallest absolute Gasteiger partial charge is 0.231 e. The van der Waals surface area contributed by atoms with Gasteiger partial charge in [0.15, 0.2) is 17.1 Å². The van der Waals surface area contributed by atoms with E-state index in [2.05, 4.69) is 15.5 Å². The van der Waals surface area contributed by atoms with Gasteiger partial charge in [-0.15, -0.1) is 10.2 Å². The van der Waals surface area contributed by atoms with Gasteiger partial charge in [0.25, 0.3) is 0 Å². The third-order valence-electron chi connectivity index (χ3n) is 3.86. The van der Waals surface area contributed by atoms with E-state index < -0.39 is 0 Å². The van der Waals surface area contributed by atoms with E-state index in [4.69, 9.17) is 9.47 Å². The molecule has 3 heterocycles. The van der Waals surface area contributed by atoms with Crippen molar-refractivity contribution >= 4 is 11.6 Å². The predicted octanol–water partition coefficient (Wildman–Crippen LogP) is 1.36. The molecule has 0 radical (unpaired) electrons. The van der Waals surface area contributed by atoms with Crippen LogP contribution in [0.1, 0.15) is 11.4 Å². The zero-order valence-corrected chi connectivity index (χ0v) is 12.9. The van der Waals surface area contributed by atoms with Crippen LogP contribution < -0.4 is 14.8 Å². The SMILES string of the molecule is O=C(Cc1ccc2c(c1)OCO2)NCCc1nnc2ccccn12. The lowest BCUT2D eigenvalue weighted by atomic mass is 10.1. The molecule has 1 aromatic carbocycles. The maximum Gasteiger partial charge on any atom is 0.231 e. The summed E-state index contributed by atoms with van der Waals surface area (Å²) in [5, 5.41) is 11.1. The van der Waals surface area contributed by atoms with E-state index in [1.165, 1.54) is 0 Å². The van der Waals surface area contributed by atoms with Crippen LogP contribution in [0.25, 0.3) is 5.65 Å². The zero-order chi connectivity index (χ0) is 16.4. The number of aromatic nitrogens is 3. The summed E-state index contributed by atoms with van der Waals surface area (Å²) in [5.41, 5.74) is 1.70. The van der Waals surface area contributed by atoms with Crippen LogP contribution in [0.2, 0.25) is 0 Å². The number of rotatable bonds is 5. The van der Waals surface area contributed by atoms with Crippen LogP contribution in [0.5, 0.6) is 11.5 Å². The third-order valence-corrected chi connectivity index (χ3v) is 3.86. The largest absolute Gasteiger partial charge is 0.454 e. The summed E-state index contributed by atoms with van der Waals surface area (Å²) in [6.07, 6.45) is 2.84. The Morgan fingerprint density at radius 1 is 1.17 bits per heavy atom. The topological polar surface area (TPSA) is 77.8 Å². The van der Waals surface area contributed by atoms with Crippen molar-refractivity contribution in [3.05, 3.63) is 54.0 Å². The molecule has 0 bridgehead atoms. The van der Waals surface area contributed by atoms with E-state index in [0.29, 0.717) is 25.1 Å². The average molecular weight is 324 g/mol. The molecule has 2 aromatic heterocycles. The Balaban J connectivity index is 1.32. The molecule has 0 saturated carbocycles. The average Bonchev–Trinajstić information content (AvgIpc) is 3.21. The second-order valence-electron chi connectivity index (χ2n) is 5.51. The third kappa shape index (κ3) is 2.88. The van der Waals surface area contributed by atoms with Gasteiger partial charge in [-0.3, -0.25) is 9.20 Å². The van der Waals surface area contributed by atoms with Gasteiger partial charge >= 0.3 is 0 Å². The highest BCUT2D eigenvalue weighted by atomic mass is 16.7. The van der Waals surface area contributed by atoms with E-state index >= 15 is 0 Å². The Kier molecular flexibility index (Phi) is 3.74. The van der Waals surface area contributed by atoms with Crippen LogP contribution in [-0.2, 0) is 17.6 Å². The van der Waals surface area contributed by atoms with Crippen molar-refractivity contribution in [3.8, 4) is 11.5 Å². The first-order valence-corrected chi connectivity index (χ1v) is 7.73. The van der Waals surface area contributed by atoms with Crippen molar-refractivity contribution in [1.29, 1.82) is 0 Å². The van der Waals surface area contributed by atoms with Crippen molar-refractivity contribution in [2.24, 2.45) is 0 Å². The highest BCUT2D eigenvalue weighted by Crippen LogP contribution is 2.32. The molecule has 1 amide bonds. The number of hydrogen-bond acceptors (Lipinski definition) is 5. The number of benzene rings is 1. The molecule has 24 heavy (non-hydrogen) atoms. The van der Waals surface area contributed by atoms with Gasteiger partial charge in [0.2, 0.25) is 12.7 Å². The molecule has 0 spiro atoms. The van der Waals surface area contributed by atoms with Gasteiger partial charge in [-0.2, -0.15) is 0 Å². The van der Waals surface area contributed by atoms with E-state index in [9.17, 15) is 4.79 Å². The molecule has 1 aliphatic heterocycles. The molecule has 7 nitrogen and oxygen atoms in total. The number of carbonyl (C=O) groups excluding carboxylic acids is 1. The van der Waals surface area contributed by atoms with E-state index in [-0.39, 0.29) is 12.7 Å². The van der Waals surface area contributed by atoms with Crippen LogP contribution in [0, 0.1) is 0 Å². The van der Waals surface area contributed by atoms with Gasteiger partial charge in [-0.05, 0) is 29.8 Å². The van der Waals surface area contributed by atoms with E-state index in [0.717, 1.165) is 22.8 Å². The monoisotopic (exact) mass is 324 g/mol. The summed E-state index contributed by atoms with van der Waals surface area (Å²) >= 11 is 0. The van der Waals surface area contributed by atoms with Crippen LogP contribution in [-0.4, -0.2) is 33.8 Å². The maximum absolute atomic E-state index is 12.1. The Bertz CT molecular complexity index is 890. The molecule has 122 valence electrons. The molecular formula is C17H16N4O3. The van der Waals surface area contributed by atoms with Crippen molar-refractivity contribution < 1.29 is 14.3 Å². The van der Waals surface area contributed by atoms with E-state index in [1.807, 2.05) is 47.0 Å². The van der Waals surface area contributed by atoms with Crippen molar-refractivity contribution in [2.45, 2.75) is 12.8 Å². The number of nitrogens with zero attached hydrogens (tertiary/aromatic N) is 3. The maximum atomic E-state index is 12.1. The Labute approximate surface area is 138 Å². The van der Waals surface area contributed by atoms with Crippen molar-refractivity contribution in [2.75, 3.05) is 13.3 Å². The summed E-state index contributed by atoms with van der Waals surface area (Å²) in [4.78, 5) is 12.1. The number of ether oxygens (including phenoxy) is 2. The van der Waals surface area contributed by atoms with Gasteiger partial charge in [-0.25, -0.2) is 0 Å². The minimum Gasteiger partial charge on any atom is -0.454 e. The summed E-state index contributed by atoms with van der Waals surface area (Å²) in [6.45, 7) is 0.746. The minimum atomic E-state index is -0.0392. The van der Waals surface area contributed by atoms with Crippen LogP contribution in [0.4, 0.5) is 0 Å². The Hall–Kier alpha value is -3.09. The van der Waals surface area contributed by atoms with Gasteiger partial charge < -0.3 is 14.8 Å². The highest BCUT2D eigenvalue weighted by molar-refractivity contribution is 5.78. The van der Waals surface area contributed by atoms with Gasteiger partial charge in [0, 0.05) is 19.2 Å². The fraction of sp³-hybridized carbons (Fsp3) is 0.235. The zero-order valence-electron chi connectivity index (χ0n) is 12.9. The molecule has 0 fully saturated rings. The molecule has 7 heteroatoms. The number of nitrogens with one attached hydrogen (secondary N) is 1. The molecule has 1 N–H and O–H groups in total. The molecule has 0 atom stereocenters. The standard InChI is InChI=1S/C17H16N4O3/c22-17(10-12-4-5-13-14(9-12)24-11-23-13)18-7-6-16-20-19-15-3-1-2-8-21(15)16/h1-5,8-9H,6-7,10-11H2,(H,18,22). The van der Waals surface area contributed by atoms with Crippen LogP contribution in [0.15, 0.2) is 42.6 Å². The second kappa shape index (κ2) is 6.19. The minimum absolute atomic E-state index is 0.0392. The highest BCUT2D eigenvalue weighted by Gasteiger charge is 2.14. The lowest BCUT2D eigenvalue weighted by molar-refractivity contribution is -0.120. The summed E-state index contributed by atoms with van der Waals surface area (Å²) in [5.74, 6) is 2.20. The lowest BCUT2D eigenvalue weighted by Gasteiger charge is -2.05. The van der Waals surface area contributed by atoms with Crippen molar-refractivity contribution in [1.82, 2.24) is 19.9 Å². The normalized spacial score (nSPS) is 12.5. The van der Waals surface area contributed by atoms with Gasteiger partial charge in [0.1, 0.15) is 5.82 Å². The second-order valence-corrected chi connectivity index (χ2v) is 5.51. The molecular weight excluding hydrogens is 308 g/mol. The summed E-state index contributed by atoms with van der Waals surface area (Å²) in [7, 11) is 0. The summed E-state index contributed by atoms with van der Waals surface area (Å²) < 4.78 is 12.5. The van der Waals surface area contributed by atoms with E-state index in [1.54, 1.807) is 0 Å². The van der Waals surface area contributed by atoms with Gasteiger partial charge in [-0.1, -0.05) is 12.1 Å². The Morgan fingerprint density at radius 2 is 2.08 bits per heavy atom. The first kappa shape index (κ1) is 14.5. The molecule has 0 aliphatic carbocycles. The summed E-state index contributed by atoms with van der Waals surface area (Å²) in [6, 6.07) is 11.3. The fourth-order valence-corrected chi connectivity index (χ4v) is 2.67. The van der Waals surface area contributed by atoms with Crippen LogP contribution in [0.3, 0.4) is 0 Å². The number of fused-ring (bicyclic) bond motifs is 2. The Morgan fingerprint density at radius 3 is 3.04 bits per heavy atom. The predicted molar refractivity (Wildman–Crippen MR) is 86.0 cm³/mol. The number of pyridine rings is 1. The first-order valence-electron chi connectivity index (χ1n) is 7.73. The number of carbonyl (C=O) groups is 1. The fourth-order valence-electron chi connectivity index (χ4n) is 2.67. The van der Waals surface area contributed by atoms with Gasteiger partial charge in [0.05, 0.1) is 6.42 Å².